The van der Waals surface area contributed by atoms with Gasteiger partial charge < -0.3 is 0 Å². The summed E-state index contributed by atoms with van der Waals surface area (Å²) in [6, 6.07) is 7.95. The van der Waals surface area contributed by atoms with Gasteiger partial charge in [0.25, 0.3) is 0 Å². The second-order valence-electron chi connectivity index (χ2n) is 4.53. The number of halogens is 1. The zero-order valence-corrected chi connectivity index (χ0v) is 10.4. The molecule has 3 rings (SSSR count). The maximum atomic E-state index is 12.3. The van der Waals surface area contributed by atoms with Gasteiger partial charge in [0.2, 0.25) is 0 Å². The van der Waals surface area contributed by atoms with Crippen LogP contribution in [0, 0.1) is 5.92 Å². The lowest BCUT2D eigenvalue weighted by Crippen LogP contribution is -2.36. The third kappa shape index (κ3) is 1.68. The molecule has 0 saturated heterocycles. The van der Waals surface area contributed by atoms with Gasteiger partial charge in [0, 0.05) is 27.0 Å². The summed E-state index contributed by atoms with van der Waals surface area (Å²) in [4.78, 5) is 13.5. The summed E-state index contributed by atoms with van der Waals surface area (Å²) < 4.78 is 0. The van der Waals surface area contributed by atoms with Gasteiger partial charge in [-0.25, -0.2) is 0 Å². The molecule has 1 nitrogen and oxygen atoms in total. The van der Waals surface area contributed by atoms with Gasteiger partial charge in [-0.3, -0.25) is 4.79 Å². The lowest BCUT2D eigenvalue weighted by Gasteiger charge is -2.36. The van der Waals surface area contributed by atoms with E-state index in [0.717, 1.165) is 29.7 Å². The molecule has 1 heterocycles. The van der Waals surface area contributed by atoms with Crippen molar-refractivity contribution in [1.82, 2.24) is 0 Å². The van der Waals surface area contributed by atoms with Gasteiger partial charge >= 0.3 is 0 Å². The molecule has 0 spiro atoms. The Morgan fingerprint density at radius 3 is 2.94 bits per heavy atom. The molecule has 3 heteroatoms. The molecule has 1 aromatic carbocycles. The van der Waals surface area contributed by atoms with Gasteiger partial charge in [0.05, 0.1) is 0 Å². The normalized spacial score (nSPS) is 33.1. The molecule has 1 saturated carbocycles. The fourth-order valence-electron chi connectivity index (χ4n) is 2.64. The van der Waals surface area contributed by atoms with E-state index in [4.69, 9.17) is 11.6 Å². The van der Waals surface area contributed by atoms with Crippen molar-refractivity contribution in [3.63, 3.8) is 0 Å². The highest BCUT2D eigenvalue weighted by Gasteiger charge is 2.39. The zero-order chi connectivity index (χ0) is 11.1. The molecule has 2 aliphatic rings. The van der Waals surface area contributed by atoms with Crippen LogP contribution in [0.4, 0.5) is 0 Å². The van der Waals surface area contributed by atoms with Crippen molar-refractivity contribution in [1.29, 1.82) is 0 Å². The highest BCUT2D eigenvalue weighted by molar-refractivity contribution is 8.00. The Morgan fingerprint density at radius 2 is 2.06 bits per heavy atom. The number of hydrogen-bond acceptors (Lipinski definition) is 2. The minimum atomic E-state index is 0.149. The van der Waals surface area contributed by atoms with Crippen molar-refractivity contribution in [2.45, 2.75) is 34.8 Å². The van der Waals surface area contributed by atoms with E-state index in [1.807, 2.05) is 30.0 Å². The van der Waals surface area contributed by atoms with Crippen LogP contribution in [0.15, 0.2) is 29.2 Å². The fraction of sp³-hybridized carbons (Fsp3) is 0.462. The molecule has 84 valence electrons. The molecule has 1 aliphatic carbocycles. The number of thioether (sulfide) groups is 1. The number of fused-ring (bicyclic) bond motifs is 2. The maximum absolute atomic E-state index is 12.3. The van der Waals surface area contributed by atoms with E-state index >= 15 is 0 Å². The summed E-state index contributed by atoms with van der Waals surface area (Å²) in [6.45, 7) is 0. The summed E-state index contributed by atoms with van der Waals surface area (Å²) >= 11 is 8.03. The van der Waals surface area contributed by atoms with Crippen LogP contribution in [0.5, 0.6) is 0 Å². The third-order valence-corrected chi connectivity index (χ3v) is 5.36. The molecule has 1 fully saturated rings. The van der Waals surface area contributed by atoms with Crippen LogP contribution in [-0.2, 0) is 0 Å². The van der Waals surface area contributed by atoms with Crippen LogP contribution >= 0.6 is 23.4 Å². The molecule has 16 heavy (non-hydrogen) atoms. The van der Waals surface area contributed by atoms with Gasteiger partial charge in [0.1, 0.15) is 0 Å². The summed E-state index contributed by atoms with van der Waals surface area (Å²) in [5.41, 5.74) is 0.902. The standard InChI is InChI=1S/C13H13ClOS/c14-8-5-6-12-10(7-8)13(15)9-3-1-2-4-11(9)16-12/h1-4,8,10,12H,5-7H2. The van der Waals surface area contributed by atoms with Gasteiger partial charge in [0.15, 0.2) is 5.78 Å². The Kier molecular flexibility index (Phi) is 2.72. The Balaban J connectivity index is 1.98. The number of hydrogen-bond donors (Lipinski definition) is 0. The number of carbonyl (C=O) groups is 1. The number of carbonyl (C=O) groups excluding carboxylic acids is 1. The maximum Gasteiger partial charge on any atom is 0.168 e. The van der Waals surface area contributed by atoms with Crippen molar-refractivity contribution in [3.05, 3.63) is 29.8 Å². The summed E-state index contributed by atoms with van der Waals surface area (Å²) in [7, 11) is 0. The molecule has 0 amide bonds. The summed E-state index contributed by atoms with van der Waals surface area (Å²) in [6.07, 6.45) is 2.97. The number of Topliss-reactive ketones (excluding diaryl/α,β-unsaturated/α-hetero) is 1. The average Bonchev–Trinajstić information content (AvgIpc) is 2.31. The number of ketones is 1. The first-order chi connectivity index (χ1) is 7.75. The molecule has 1 aliphatic heterocycles. The number of benzene rings is 1. The minimum absolute atomic E-state index is 0.149. The van der Waals surface area contributed by atoms with Gasteiger partial charge in [-0.1, -0.05) is 18.2 Å². The van der Waals surface area contributed by atoms with Crippen LogP contribution in [-0.4, -0.2) is 16.4 Å². The van der Waals surface area contributed by atoms with E-state index in [1.54, 1.807) is 0 Å². The first-order valence-electron chi connectivity index (χ1n) is 5.69. The van der Waals surface area contributed by atoms with Crippen LogP contribution < -0.4 is 0 Å². The van der Waals surface area contributed by atoms with Crippen molar-refractivity contribution in [2.75, 3.05) is 0 Å². The first kappa shape index (κ1) is 10.7. The van der Waals surface area contributed by atoms with Gasteiger partial charge in [-0.05, 0) is 25.3 Å². The van der Waals surface area contributed by atoms with Crippen LogP contribution in [0.3, 0.4) is 0 Å². The highest BCUT2D eigenvalue weighted by atomic mass is 35.5. The van der Waals surface area contributed by atoms with Crippen molar-refractivity contribution < 1.29 is 4.79 Å². The lowest BCUT2D eigenvalue weighted by molar-refractivity contribution is 0.0888. The molecule has 0 radical (unpaired) electrons. The molecule has 0 bridgehead atoms. The molecule has 0 aromatic heterocycles. The fourth-order valence-corrected chi connectivity index (χ4v) is 4.39. The molecule has 1 aromatic rings. The van der Waals surface area contributed by atoms with Crippen LogP contribution in [0.1, 0.15) is 29.6 Å². The second-order valence-corrected chi connectivity index (χ2v) is 6.43. The van der Waals surface area contributed by atoms with E-state index in [0.29, 0.717) is 11.0 Å². The Hall–Kier alpha value is -0.470. The number of rotatable bonds is 0. The smallest absolute Gasteiger partial charge is 0.168 e. The van der Waals surface area contributed by atoms with E-state index in [1.165, 1.54) is 0 Å². The van der Waals surface area contributed by atoms with Crippen LogP contribution in [0.2, 0.25) is 0 Å². The molecular formula is C13H13ClOS. The first-order valence-corrected chi connectivity index (χ1v) is 7.01. The lowest BCUT2D eigenvalue weighted by atomic mass is 9.82. The zero-order valence-electron chi connectivity index (χ0n) is 8.86. The molecular weight excluding hydrogens is 240 g/mol. The largest absolute Gasteiger partial charge is 0.294 e. The topological polar surface area (TPSA) is 17.1 Å². The Bertz CT molecular complexity index is 432. The van der Waals surface area contributed by atoms with Gasteiger partial charge in [-0.15, -0.1) is 23.4 Å². The van der Waals surface area contributed by atoms with Gasteiger partial charge in [-0.2, -0.15) is 0 Å². The second kappa shape index (κ2) is 4.08. The summed E-state index contributed by atoms with van der Waals surface area (Å²) in [5, 5.41) is 0.647. The van der Waals surface area contributed by atoms with E-state index in [2.05, 4.69) is 6.07 Å². The minimum Gasteiger partial charge on any atom is -0.294 e. The van der Waals surface area contributed by atoms with Crippen molar-refractivity contribution in [2.24, 2.45) is 5.92 Å². The van der Waals surface area contributed by atoms with E-state index in [9.17, 15) is 4.79 Å². The summed E-state index contributed by atoms with van der Waals surface area (Å²) in [5.74, 6) is 0.459. The predicted octanol–water partition coefficient (Wildman–Crippen LogP) is 3.75. The van der Waals surface area contributed by atoms with E-state index in [-0.39, 0.29) is 11.3 Å². The Morgan fingerprint density at radius 1 is 1.25 bits per heavy atom. The predicted molar refractivity (Wildman–Crippen MR) is 67.4 cm³/mol. The van der Waals surface area contributed by atoms with E-state index < -0.39 is 0 Å². The van der Waals surface area contributed by atoms with Crippen molar-refractivity contribution >= 4 is 29.1 Å². The number of alkyl halides is 1. The Labute approximate surface area is 105 Å². The average molecular weight is 253 g/mol. The third-order valence-electron chi connectivity index (χ3n) is 3.49. The molecule has 3 atom stereocenters. The molecule has 3 unspecified atom stereocenters. The van der Waals surface area contributed by atoms with Crippen molar-refractivity contribution in [3.8, 4) is 0 Å². The molecule has 0 N–H and O–H groups in total. The monoisotopic (exact) mass is 252 g/mol. The SMILES string of the molecule is O=C1c2ccccc2SC2CCC(Cl)CC12. The van der Waals surface area contributed by atoms with Crippen LogP contribution in [0.25, 0.3) is 0 Å². The highest BCUT2D eigenvalue weighted by Crippen LogP contribution is 2.45. The quantitative estimate of drug-likeness (QED) is 0.654.